The summed E-state index contributed by atoms with van der Waals surface area (Å²) in [7, 11) is 0. The van der Waals surface area contributed by atoms with Gasteiger partial charge in [-0.15, -0.1) is 0 Å². The summed E-state index contributed by atoms with van der Waals surface area (Å²) in [6.07, 6.45) is 0.419. The van der Waals surface area contributed by atoms with Crippen LogP contribution < -0.4 is 11.1 Å². The third-order valence-electron chi connectivity index (χ3n) is 9.35. The first-order chi connectivity index (χ1) is 22.4. The summed E-state index contributed by atoms with van der Waals surface area (Å²) in [5.41, 5.74) is 9.85. The summed E-state index contributed by atoms with van der Waals surface area (Å²) >= 11 is 0. The summed E-state index contributed by atoms with van der Waals surface area (Å²) in [5, 5.41) is 11.1. The molecule has 4 N–H and O–H groups in total. The van der Waals surface area contributed by atoms with Crippen LogP contribution in [-0.4, -0.2) is 39.7 Å². The molecule has 3 atom stereocenters. The molecule has 5 aromatic rings. The summed E-state index contributed by atoms with van der Waals surface area (Å²) in [5.74, 6) is -1.61. The fourth-order valence-corrected chi connectivity index (χ4v) is 7.21. The first-order valence-electron chi connectivity index (χ1n) is 15.5. The Morgan fingerprint density at radius 3 is 2.09 bits per heavy atom. The Morgan fingerprint density at radius 1 is 0.891 bits per heavy atom. The number of nitrogens with one attached hydrogen (secondary N) is 2. The second-order valence-electron chi connectivity index (χ2n) is 12.0. The van der Waals surface area contributed by atoms with Gasteiger partial charge in [0, 0.05) is 42.9 Å². The maximum atomic E-state index is 15.6. The van der Waals surface area contributed by atoms with E-state index in [2.05, 4.69) is 56.8 Å². The molecule has 2 aliphatic rings. The zero-order chi connectivity index (χ0) is 31.7. The Kier molecular flexibility index (Phi) is 8.21. The molecule has 234 valence electrons. The molecule has 2 aliphatic heterocycles. The minimum absolute atomic E-state index is 0.0133. The first-order valence-corrected chi connectivity index (χ1v) is 15.5. The molecule has 1 fully saturated rings. The molecule has 4 aromatic carbocycles. The highest BCUT2D eigenvalue weighted by atomic mass is 19.1. The lowest BCUT2D eigenvalue weighted by molar-refractivity contribution is 0.0295. The van der Waals surface area contributed by atoms with Crippen LogP contribution in [0.5, 0.6) is 0 Å². The number of hydrogen-bond donors (Lipinski definition) is 3. The van der Waals surface area contributed by atoms with Crippen molar-refractivity contribution in [3.05, 3.63) is 160 Å². The van der Waals surface area contributed by atoms with Gasteiger partial charge in [0.15, 0.2) is 5.69 Å². The molecule has 0 radical (unpaired) electrons. The Hall–Kier alpha value is -4.70. The number of ether oxygens (including phenoxy) is 1. The van der Waals surface area contributed by atoms with Crippen LogP contribution in [0.4, 0.5) is 8.78 Å². The van der Waals surface area contributed by atoms with Crippen molar-refractivity contribution >= 4 is 5.91 Å². The number of rotatable bonds is 8. The molecule has 0 bridgehead atoms. The van der Waals surface area contributed by atoms with Gasteiger partial charge in [0.25, 0.3) is 5.91 Å². The third kappa shape index (κ3) is 5.51. The average molecular weight is 620 g/mol. The minimum atomic E-state index is -0.868. The number of nitrogens with zero attached hydrogens (tertiary/aromatic N) is 2. The number of aromatic amines is 1. The van der Waals surface area contributed by atoms with E-state index in [4.69, 9.17) is 10.5 Å². The lowest BCUT2D eigenvalue weighted by atomic mass is 9.75. The second-order valence-corrected chi connectivity index (χ2v) is 12.0. The van der Waals surface area contributed by atoms with Crippen LogP contribution in [0.1, 0.15) is 62.9 Å². The molecule has 1 aromatic heterocycles. The van der Waals surface area contributed by atoms with Gasteiger partial charge in [0.05, 0.1) is 11.2 Å². The van der Waals surface area contributed by atoms with Gasteiger partial charge in [0.2, 0.25) is 0 Å². The van der Waals surface area contributed by atoms with Crippen molar-refractivity contribution in [2.24, 2.45) is 5.73 Å². The average Bonchev–Trinajstić information content (AvgIpc) is 3.62. The SMILES string of the molecule is NC(=O)c1n[nH]c2c1CN([C@H]1CCO[C@H](c3cc(F)ccc3F)[C@@H](NC(c3ccccc3)(c3ccccc3)c3ccccc3)C1)C2. The van der Waals surface area contributed by atoms with Gasteiger partial charge >= 0.3 is 0 Å². The van der Waals surface area contributed by atoms with Crippen molar-refractivity contribution < 1.29 is 18.3 Å². The van der Waals surface area contributed by atoms with Crippen LogP contribution >= 0.6 is 0 Å². The van der Waals surface area contributed by atoms with E-state index in [1.165, 1.54) is 6.07 Å². The van der Waals surface area contributed by atoms with E-state index in [0.29, 0.717) is 32.5 Å². The molecule has 0 saturated carbocycles. The number of halogens is 2. The van der Waals surface area contributed by atoms with Crippen LogP contribution in [0.15, 0.2) is 109 Å². The molecule has 3 heterocycles. The maximum Gasteiger partial charge on any atom is 0.269 e. The summed E-state index contributed by atoms with van der Waals surface area (Å²) in [6, 6.07) is 33.6. The van der Waals surface area contributed by atoms with E-state index < -0.39 is 35.2 Å². The van der Waals surface area contributed by atoms with Gasteiger partial charge in [-0.1, -0.05) is 91.0 Å². The normalized spacial score (nSPS) is 20.3. The predicted molar refractivity (Wildman–Crippen MR) is 171 cm³/mol. The van der Waals surface area contributed by atoms with Gasteiger partial charge in [-0.25, -0.2) is 8.78 Å². The van der Waals surface area contributed by atoms with Crippen molar-refractivity contribution in [1.29, 1.82) is 0 Å². The highest BCUT2D eigenvalue weighted by molar-refractivity contribution is 5.92. The number of H-pyrrole nitrogens is 1. The highest BCUT2D eigenvalue weighted by Crippen LogP contribution is 2.42. The first kappa shape index (κ1) is 30.0. The van der Waals surface area contributed by atoms with E-state index >= 15 is 4.39 Å². The summed E-state index contributed by atoms with van der Waals surface area (Å²) in [6.45, 7) is 1.40. The fourth-order valence-electron chi connectivity index (χ4n) is 7.21. The van der Waals surface area contributed by atoms with Crippen molar-refractivity contribution in [1.82, 2.24) is 20.4 Å². The smallest absolute Gasteiger partial charge is 0.269 e. The van der Waals surface area contributed by atoms with E-state index in [-0.39, 0.29) is 17.3 Å². The molecule has 0 unspecified atom stereocenters. The Morgan fingerprint density at radius 2 is 1.50 bits per heavy atom. The quantitative estimate of drug-likeness (QED) is 0.186. The van der Waals surface area contributed by atoms with Gasteiger partial charge in [-0.05, 0) is 47.7 Å². The van der Waals surface area contributed by atoms with Crippen LogP contribution in [0, 0.1) is 11.6 Å². The summed E-state index contributed by atoms with van der Waals surface area (Å²) in [4.78, 5) is 14.3. The van der Waals surface area contributed by atoms with Crippen LogP contribution in [0.2, 0.25) is 0 Å². The van der Waals surface area contributed by atoms with Crippen LogP contribution in [-0.2, 0) is 23.4 Å². The number of benzene rings is 4. The Labute approximate surface area is 266 Å². The number of amides is 1. The topological polar surface area (TPSA) is 96.3 Å². The molecule has 7 nitrogen and oxygen atoms in total. The largest absolute Gasteiger partial charge is 0.372 e. The monoisotopic (exact) mass is 619 g/mol. The van der Waals surface area contributed by atoms with E-state index in [0.717, 1.165) is 40.1 Å². The number of carbonyl (C=O) groups excluding carboxylic acids is 1. The number of aromatic nitrogens is 2. The van der Waals surface area contributed by atoms with Gasteiger partial charge in [-0.3, -0.25) is 20.1 Å². The van der Waals surface area contributed by atoms with Crippen LogP contribution in [0.25, 0.3) is 0 Å². The lowest BCUT2D eigenvalue weighted by Gasteiger charge is -2.43. The van der Waals surface area contributed by atoms with Gasteiger partial charge in [-0.2, -0.15) is 5.10 Å². The molecular weight excluding hydrogens is 584 g/mol. The van der Waals surface area contributed by atoms with Gasteiger partial charge in [0.1, 0.15) is 17.7 Å². The van der Waals surface area contributed by atoms with E-state index in [1.807, 2.05) is 54.6 Å². The molecule has 9 heteroatoms. The van der Waals surface area contributed by atoms with E-state index in [1.54, 1.807) is 0 Å². The van der Waals surface area contributed by atoms with Crippen molar-refractivity contribution in [2.75, 3.05) is 6.61 Å². The van der Waals surface area contributed by atoms with Crippen LogP contribution in [0.3, 0.4) is 0 Å². The Bertz CT molecular complexity index is 1720. The maximum absolute atomic E-state index is 15.6. The molecule has 1 amide bonds. The van der Waals surface area contributed by atoms with Crippen molar-refractivity contribution in [3.63, 3.8) is 0 Å². The van der Waals surface area contributed by atoms with E-state index in [9.17, 15) is 9.18 Å². The molecule has 7 rings (SSSR count). The molecule has 0 spiro atoms. The number of hydrogen-bond acceptors (Lipinski definition) is 5. The zero-order valence-corrected chi connectivity index (χ0v) is 25.2. The number of primary amides is 1. The second kappa shape index (κ2) is 12.6. The molecule has 1 saturated heterocycles. The molecule has 46 heavy (non-hydrogen) atoms. The lowest BCUT2D eigenvalue weighted by Crippen LogP contribution is -2.53. The molecular formula is C37H35F2N5O2. The number of nitrogens with two attached hydrogens (primary N) is 1. The zero-order valence-electron chi connectivity index (χ0n) is 25.2. The van der Waals surface area contributed by atoms with Gasteiger partial charge < -0.3 is 10.5 Å². The van der Waals surface area contributed by atoms with Crippen molar-refractivity contribution in [2.45, 2.75) is 49.7 Å². The predicted octanol–water partition coefficient (Wildman–Crippen LogP) is 5.97. The standard InChI is InChI=1S/C37H35F2N5O2/c38-27-16-17-31(39)29(20-27)35-32(21-28(18-19-46-35)44-22-30-33(23-44)42-43-34(30)36(40)45)41-37(24-10-4-1-5-11-24,25-12-6-2-7-13-25)26-14-8-3-9-15-26/h1-17,20,28,32,35,41H,18-19,21-23H2,(H2,40,45)(H,42,43)/t28-,32-,35+/m0/s1. The third-order valence-corrected chi connectivity index (χ3v) is 9.35. The Balaban J connectivity index is 1.35. The minimum Gasteiger partial charge on any atom is -0.372 e. The summed E-state index contributed by atoms with van der Waals surface area (Å²) < 4.78 is 36.8. The fraction of sp³-hybridized carbons (Fsp3) is 0.243. The highest BCUT2D eigenvalue weighted by Gasteiger charge is 2.44. The molecule has 0 aliphatic carbocycles. The number of fused-ring (bicyclic) bond motifs is 1. The van der Waals surface area contributed by atoms with Crippen molar-refractivity contribution in [3.8, 4) is 0 Å². The number of carbonyl (C=O) groups is 1.